The molecule has 4 nitrogen and oxygen atoms in total. The van der Waals surface area contributed by atoms with Gasteiger partial charge in [-0.25, -0.2) is 10.0 Å². The highest BCUT2D eigenvalue weighted by Crippen LogP contribution is 2.18. The number of nitrogens with two attached hydrogens (primary N) is 1. The van der Waals surface area contributed by atoms with Gasteiger partial charge in [0.1, 0.15) is 12.0 Å². The van der Waals surface area contributed by atoms with Crippen molar-refractivity contribution in [1.82, 2.24) is 10.0 Å². The van der Waals surface area contributed by atoms with Gasteiger partial charge in [0.15, 0.2) is 0 Å². The average Bonchev–Trinajstić information content (AvgIpc) is 2.30. The number of hydrogen-bond acceptors (Lipinski definition) is 4. The molecular formula is C11H20N4. The highest BCUT2D eigenvalue weighted by Gasteiger charge is 2.23. The van der Waals surface area contributed by atoms with Gasteiger partial charge in [0.25, 0.3) is 0 Å². The Hall–Kier alpha value is -1.03. The molecule has 2 N–H and O–H groups in total. The van der Waals surface area contributed by atoms with Gasteiger partial charge < -0.3 is 5.73 Å². The first-order valence-electron chi connectivity index (χ1n) is 5.86. The van der Waals surface area contributed by atoms with E-state index >= 15 is 0 Å². The zero-order valence-electron chi connectivity index (χ0n) is 9.39. The number of piperidine rings is 1. The Labute approximate surface area is 91.4 Å². The lowest BCUT2D eigenvalue weighted by Crippen LogP contribution is -2.48. The largest absolute Gasteiger partial charge is 0.384 e. The van der Waals surface area contributed by atoms with Gasteiger partial charge in [-0.15, -0.1) is 0 Å². The lowest BCUT2D eigenvalue weighted by molar-refractivity contribution is -0.0299. The first kappa shape index (κ1) is 10.5. The molecule has 1 atom stereocenters. The van der Waals surface area contributed by atoms with Crippen LogP contribution in [0.15, 0.2) is 17.3 Å². The summed E-state index contributed by atoms with van der Waals surface area (Å²) in [5.74, 6) is 0.648. The van der Waals surface area contributed by atoms with Gasteiger partial charge in [-0.2, -0.15) is 0 Å². The monoisotopic (exact) mass is 208 g/mol. The van der Waals surface area contributed by atoms with Gasteiger partial charge in [0.2, 0.25) is 0 Å². The molecule has 0 aliphatic carbocycles. The van der Waals surface area contributed by atoms with E-state index in [1.807, 2.05) is 6.08 Å². The summed E-state index contributed by atoms with van der Waals surface area (Å²) in [5.41, 5.74) is 5.71. The Morgan fingerprint density at radius 2 is 2.13 bits per heavy atom. The van der Waals surface area contributed by atoms with Crippen LogP contribution in [0.4, 0.5) is 0 Å². The van der Waals surface area contributed by atoms with Crippen LogP contribution in [0.2, 0.25) is 0 Å². The number of rotatable bonds is 2. The second kappa shape index (κ2) is 4.66. The van der Waals surface area contributed by atoms with Crippen molar-refractivity contribution >= 4 is 5.84 Å². The molecule has 0 spiro atoms. The Balaban J connectivity index is 2.04. The summed E-state index contributed by atoms with van der Waals surface area (Å²) in [6, 6.07) is 0. The number of hydrazine groups is 1. The van der Waals surface area contributed by atoms with Gasteiger partial charge >= 0.3 is 0 Å². The van der Waals surface area contributed by atoms with Crippen molar-refractivity contribution in [2.75, 3.05) is 13.1 Å². The molecule has 2 heterocycles. The van der Waals surface area contributed by atoms with Gasteiger partial charge in [0.05, 0.1) is 0 Å². The minimum atomic E-state index is 0.202. The number of nitrogens with zero attached hydrogens (tertiary/aromatic N) is 3. The number of aliphatic imine (C=N–C) groups is 1. The highest BCUT2D eigenvalue weighted by molar-refractivity contribution is 5.91. The fourth-order valence-corrected chi connectivity index (χ4v) is 2.20. The third-order valence-electron chi connectivity index (χ3n) is 3.03. The van der Waals surface area contributed by atoms with Crippen LogP contribution >= 0.6 is 0 Å². The van der Waals surface area contributed by atoms with Gasteiger partial charge in [0, 0.05) is 19.3 Å². The zero-order valence-corrected chi connectivity index (χ0v) is 9.39. The molecule has 2 aliphatic heterocycles. The molecule has 4 heteroatoms. The number of hydrogen-bond donors (Lipinski definition) is 1. The molecule has 1 fully saturated rings. The summed E-state index contributed by atoms with van der Waals surface area (Å²) in [5, 5.41) is 4.64. The van der Waals surface area contributed by atoms with Crippen molar-refractivity contribution in [2.24, 2.45) is 10.7 Å². The second-order valence-electron chi connectivity index (χ2n) is 4.15. The summed E-state index contributed by atoms with van der Waals surface area (Å²) in [7, 11) is 0. The molecule has 0 amide bonds. The van der Waals surface area contributed by atoms with E-state index < -0.39 is 0 Å². The van der Waals surface area contributed by atoms with E-state index in [0.29, 0.717) is 5.84 Å². The fraction of sp³-hybridized carbons (Fsp3) is 0.727. The summed E-state index contributed by atoms with van der Waals surface area (Å²) >= 11 is 0. The predicted molar refractivity (Wildman–Crippen MR) is 62.1 cm³/mol. The minimum Gasteiger partial charge on any atom is -0.384 e. The van der Waals surface area contributed by atoms with E-state index in [0.717, 1.165) is 19.5 Å². The Morgan fingerprint density at radius 1 is 1.40 bits per heavy atom. The van der Waals surface area contributed by atoms with Crippen LogP contribution in [0.3, 0.4) is 0 Å². The first-order valence-corrected chi connectivity index (χ1v) is 5.86. The smallest absolute Gasteiger partial charge is 0.137 e. The molecule has 1 saturated heterocycles. The SMILES string of the molecule is CCC1N=C(N)C=CN1N1CCCCC1. The molecule has 1 unspecified atom stereocenters. The third-order valence-corrected chi connectivity index (χ3v) is 3.03. The average molecular weight is 208 g/mol. The van der Waals surface area contributed by atoms with Crippen LogP contribution in [-0.2, 0) is 0 Å². The van der Waals surface area contributed by atoms with Crippen LogP contribution < -0.4 is 5.73 Å². The zero-order chi connectivity index (χ0) is 10.7. The van der Waals surface area contributed by atoms with E-state index in [1.54, 1.807) is 0 Å². The van der Waals surface area contributed by atoms with E-state index in [9.17, 15) is 0 Å². The topological polar surface area (TPSA) is 44.9 Å². The molecule has 0 radical (unpaired) electrons. The van der Waals surface area contributed by atoms with Crippen molar-refractivity contribution in [3.8, 4) is 0 Å². The molecule has 0 aromatic rings. The van der Waals surface area contributed by atoms with Crippen LogP contribution in [0.25, 0.3) is 0 Å². The molecule has 0 saturated carbocycles. The summed E-state index contributed by atoms with van der Waals surface area (Å²) in [6.45, 7) is 4.45. The fourth-order valence-electron chi connectivity index (χ4n) is 2.20. The maximum Gasteiger partial charge on any atom is 0.137 e. The van der Waals surface area contributed by atoms with Crippen LogP contribution in [0.5, 0.6) is 0 Å². The molecule has 15 heavy (non-hydrogen) atoms. The quantitative estimate of drug-likeness (QED) is 0.744. The van der Waals surface area contributed by atoms with Crippen molar-refractivity contribution in [3.63, 3.8) is 0 Å². The molecular weight excluding hydrogens is 188 g/mol. The second-order valence-corrected chi connectivity index (χ2v) is 4.15. The first-order chi connectivity index (χ1) is 7.31. The lowest BCUT2D eigenvalue weighted by Gasteiger charge is -2.41. The molecule has 2 rings (SSSR count). The van der Waals surface area contributed by atoms with E-state index in [2.05, 4.69) is 28.1 Å². The highest BCUT2D eigenvalue weighted by atomic mass is 15.6. The lowest BCUT2D eigenvalue weighted by atomic mass is 10.1. The summed E-state index contributed by atoms with van der Waals surface area (Å²) in [6.07, 6.45) is 9.11. The van der Waals surface area contributed by atoms with E-state index in [4.69, 9.17) is 5.73 Å². The summed E-state index contributed by atoms with van der Waals surface area (Å²) in [4.78, 5) is 4.45. The van der Waals surface area contributed by atoms with Crippen molar-refractivity contribution in [1.29, 1.82) is 0 Å². The van der Waals surface area contributed by atoms with Crippen LogP contribution in [-0.4, -0.2) is 35.1 Å². The predicted octanol–water partition coefficient (Wildman–Crippen LogP) is 1.31. The number of amidine groups is 1. The maximum atomic E-state index is 5.71. The Bertz CT molecular complexity index is 266. The van der Waals surface area contributed by atoms with Crippen molar-refractivity contribution in [2.45, 2.75) is 38.8 Å². The molecule has 2 aliphatic rings. The Kier molecular flexibility index (Phi) is 3.26. The normalized spacial score (nSPS) is 27.9. The van der Waals surface area contributed by atoms with Crippen molar-refractivity contribution in [3.05, 3.63) is 12.3 Å². The molecule has 0 aromatic heterocycles. The Morgan fingerprint density at radius 3 is 2.80 bits per heavy atom. The van der Waals surface area contributed by atoms with E-state index in [1.165, 1.54) is 19.3 Å². The minimum absolute atomic E-state index is 0.202. The van der Waals surface area contributed by atoms with Crippen LogP contribution in [0, 0.1) is 0 Å². The third kappa shape index (κ3) is 2.31. The molecule has 0 bridgehead atoms. The maximum absolute atomic E-state index is 5.71. The standard InChI is InChI=1S/C11H20N4/c1-2-11-13-10(12)6-9-15(11)14-7-4-3-5-8-14/h6,9,11H,2-5,7-8H2,1H3,(H2,12,13). The van der Waals surface area contributed by atoms with E-state index in [-0.39, 0.29) is 6.17 Å². The molecule has 84 valence electrons. The van der Waals surface area contributed by atoms with Gasteiger partial charge in [-0.1, -0.05) is 13.3 Å². The van der Waals surface area contributed by atoms with Gasteiger partial charge in [-0.05, 0) is 25.3 Å². The van der Waals surface area contributed by atoms with Crippen LogP contribution in [0.1, 0.15) is 32.6 Å². The molecule has 0 aromatic carbocycles. The van der Waals surface area contributed by atoms with Crippen molar-refractivity contribution < 1.29 is 0 Å². The summed E-state index contributed by atoms with van der Waals surface area (Å²) < 4.78 is 0. The van der Waals surface area contributed by atoms with Gasteiger partial charge in [-0.3, -0.25) is 5.01 Å².